The van der Waals surface area contributed by atoms with Gasteiger partial charge in [-0.25, -0.2) is 4.98 Å². The van der Waals surface area contributed by atoms with E-state index in [0.29, 0.717) is 33.8 Å². The fourth-order valence-corrected chi connectivity index (χ4v) is 7.08. The van der Waals surface area contributed by atoms with Gasteiger partial charge in [0.25, 0.3) is 0 Å². The van der Waals surface area contributed by atoms with Gasteiger partial charge in [0.1, 0.15) is 5.75 Å². The molecule has 0 saturated heterocycles. The summed E-state index contributed by atoms with van der Waals surface area (Å²) >= 11 is 0. The predicted molar refractivity (Wildman–Crippen MR) is 210 cm³/mol. The van der Waals surface area contributed by atoms with Crippen LogP contribution in [0, 0.1) is 6.85 Å². The minimum atomic E-state index is -2.39. The first-order chi connectivity index (χ1) is 26.3. The van der Waals surface area contributed by atoms with Gasteiger partial charge in [-0.05, 0) is 102 Å². The van der Waals surface area contributed by atoms with E-state index in [-0.39, 0.29) is 11.3 Å². The second-order valence-electron chi connectivity index (χ2n) is 12.6. The number of hydrogen-bond donors (Lipinski definition) is 1. The van der Waals surface area contributed by atoms with Crippen molar-refractivity contribution >= 4 is 21.8 Å². The number of nitrogens with zero attached hydrogens (tertiary/aromatic N) is 3. The Kier molecular flexibility index (Phi) is 6.69. The largest absolute Gasteiger partial charge is 0.507 e. The van der Waals surface area contributed by atoms with Crippen molar-refractivity contribution in [2.24, 2.45) is 0 Å². The molecule has 0 aliphatic heterocycles. The minimum absolute atomic E-state index is 0.112. The van der Waals surface area contributed by atoms with Crippen LogP contribution in [-0.2, 0) is 0 Å². The third-order valence-corrected chi connectivity index (χ3v) is 9.42. The summed E-state index contributed by atoms with van der Waals surface area (Å²) in [7, 11) is 0. The summed E-state index contributed by atoms with van der Waals surface area (Å²) in [4.78, 5) is 9.80. The summed E-state index contributed by atoms with van der Waals surface area (Å²) in [5.41, 5.74) is 11.0. The second kappa shape index (κ2) is 12.6. The van der Waals surface area contributed by atoms with E-state index >= 15 is 0 Å². The number of phenols is 1. The molecule has 0 bridgehead atoms. The molecule has 3 heterocycles. The Morgan fingerprint density at radius 2 is 1.18 bits per heavy atom. The van der Waals surface area contributed by atoms with Crippen LogP contribution in [0.3, 0.4) is 0 Å². The molecule has 0 aliphatic rings. The molecule has 9 aromatic rings. The molecule has 4 nitrogen and oxygen atoms in total. The topological polar surface area (TPSA) is 50.9 Å². The first kappa shape index (κ1) is 27.1. The van der Waals surface area contributed by atoms with Crippen LogP contribution in [0.5, 0.6) is 5.75 Å². The van der Waals surface area contributed by atoms with E-state index in [2.05, 4.69) is 71.3 Å². The van der Waals surface area contributed by atoms with Crippen LogP contribution in [0.4, 0.5) is 0 Å². The van der Waals surface area contributed by atoms with Crippen LogP contribution in [0.2, 0.25) is 0 Å². The number of phenolic OH excluding ortho intramolecular Hbond substituents is 1. The SMILES string of the molecule is [2H]C([2H])([2H])c1cc(-c2cc(-c3cccc4c5ccccc5n(-c5ccccc5)c34)ccn2)cc(-c2cc(-c3ccccc3)cc(-c3ccccc3O)n2)c1. The number of para-hydroxylation sites is 4. The van der Waals surface area contributed by atoms with Crippen molar-refractivity contribution < 1.29 is 9.22 Å². The van der Waals surface area contributed by atoms with Crippen molar-refractivity contribution in [3.8, 4) is 67.5 Å². The zero-order valence-electron chi connectivity index (χ0n) is 30.5. The van der Waals surface area contributed by atoms with E-state index in [1.54, 1.807) is 30.5 Å². The Labute approximate surface area is 300 Å². The molecular weight excluding hydrogens is 623 g/mol. The number of aryl methyl sites for hydroxylation is 1. The van der Waals surface area contributed by atoms with Gasteiger partial charge in [0.2, 0.25) is 0 Å². The van der Waals surface area contributed by atoms with Gasteiger partial charge in [-0.1, -0.05) is 97.1 Å². The highest BCUT2D eigenvalue weighted by atomic mass is 16.3. The third-order valence-electron chi connectivity index (χ3n) is 9.42. The fourth-order valence-electron chi connectivity index (χ4n) is 7.08. The number of pyridine rings is 2. The molecule has 6 aromatic carbocycles. The average Bonchev–Trinajstić information content (AvgIpc) is 3.56. The lowest BCUT2D eigenvalue weighted by molar-refractivity contribution is 0.477. The maximum atomic E-state index is 10.8. The van der Waals surface area contributed by atoms with Crippen molar-refractivity contribution in [1.82, 2.24) is 14.5 Å². The van der Waals surface area contributed by atoms with Gasteiger partial charge in [0.15, 0.2) is 0 Å². The summed E-state index contributed by atoms with van der Waals surface area (Å²) in [6, 6.07) is 55.5. The molecule has 1 N–H and O–H groups in total. The summed E-state index contributed by atoms with van der Waals surface area (Å²) in [5, 5.41) is 13.1. The van der Waals surface area contributed by atoms with Gasteiger partial charge in [0.05, 0.1) is 28.1 Å². The standard InChI is InChI=1S/C47H33N3O/c1-31-25-35(27-36(26-31)43-29-34(32-13-4-2-5-14-32)30-44(49-43)41-18-9-11-22-46(41)51)42-28-33(23-24-48-42)38-19-12-20-40-39-17-8-10-21-45(39)50(47(38)40)37-15-6-3-7-16-37/h2-30,51H,1H3/i1D3. The molecule has 9 rings (SSSR count). The maximum absolute atomic E-state index is 10.8. The lowest BCUT2D eigenvalue weighted by Gasteiger charge is -2.14. The van der Waals surface area contributed by atoms with E-state index in [1.165, 1.54) is 0 Å². The quantitative estimate of drug-likeness (QED) is 0.193. The van der Waals surface area contributed by atoms with Gasteiger partial charge in [-0.3, -0.25) is 4.98 Å². The first-order valence-corrected chi connectivity index (χ1v) is 16.9. The van der Waals surface area contributed by atoms with E-state index in [1.807, 2.05) is 78.9 Å². The van der Waals surface area contributed by atoms with Crippen molar-refractivity contribution in [2.45, 2.75) is 6.85 Å². The van der Waals surface area contributed by atoms with Crippen LogP contribution >= 0.6 is 0 Å². The first-order valence-electron chi connectivity index (χ1n) is 18.4. The zero-order valence-corrected chi connectivity index (χ0v) is 27.5. The number of aromatic hydroxyl groups is 1. The van der Waals surface area contributed by atoms with Crippen molar-refractivity contribution in [1.29, 1.82) is 0 Å². The summed E-state index contributed by atoms with van der Waals surface area (Å²) in [6.07, 6.45) is 1.78. The Morgan fingerprint density at radius 1 is 0.510 bits per heavy atom. The van der Waals surface area contributed by atoms with Crippen molar-refractivity contribution in [3.05, 3.63) is 182 Å². The molecular formula is C47H33N3O. The molecule has 0 spiro atoms. The zero-order chi connectivity index (χ0) is 36.8. The summed E-state index contributed by atoms with van der Waals surface area (Å²) in [6.45, 7) is -2.39. The van der Waals surface area contributed by atoms with Crippen LogP contribution < -0.4 is 0 Å². The lowest BCUT2D eigenvalue weighted by Crippen LogP contribution is -1.96. The Balaban J connectivity index is 1.24. The van der Waals surface area contributed by atoms with Crippen molar-refractivity contribution in [2.75, 3.05) is 0 Å². The van der Waals surface area contributed by atoms with Crippen LogP contribution in [0.25, 0.3) is 83.5 Å². The highest BCUT2D eigenvalue weighted by Crippen LogP contribution is 2.40. The summed E-state index contributed by atoms with van der Waals surface area (Å²) in [5.74, 6) is 0.112. The van der Waals surface area contributed by atoms with E-state index in [0.717, 1.165) is 49.7 Å². The number of hydrogen-bond acceptors (Lipinski definition) is 3. The van der Waals surface area contributed by atoms with Gasteiger partial charge in [-0.2, -0.15) is 0 Å². The van der Waals surface area contributed by atoms with Crippen molar-refractivity contribution in [3.63, 3.8) is 0 Å². The molecule has 4 heteroatoms. The Bertz CT molecular complexity index is 2830. The fraction of sp³-hybridized carbons (Fsp3) is 0.0213. The second-order valence-corrected chi connectivity index (χ2v) is 12.6. The minimum Gasteiger partial charge on any atom is -0.507 e. The predicted octanol–water partition coefficient (Wildman–Crippen LogP) is 11.9. The smallest absolute Gasteiger partial charge is 0.124 e. The molecule has 0 unspecified atom stereocenters. The monoisotopic (exact) mass is 658 g/mol. The molecule has 3 aromatic heterocycles. The maximum Gasteiger partial charge on any atom is 0.124 e. The number of benzene rings is 6. The molecule has 0 saturated carbocycles. The molecule has 0 aliphatic carbocycles. The molecule has 242 valence electrons. The van der Waals surface area contributed by atoms with E-state index in [9.17, 15) is 5.11 Å². The highest BCUT2D eigenvalue weighted by Gasteiger charge is 2.18. The lowest BCUT2D eigenvalue weighted by atomic mass is 9.96. The molecule has 0 radical (unpaired) electrons. The Morgan fingerprint density at radius 3 is 2.00 bits per heavy atom. The van der Waals surface area contributed by atoms with Crippen LogP contribution in [0.1, 0.15) is 9.68 Å². The average molecular weight is 659 g/mol. The molecule has 0 atom stereocenters. The van der Waals surface area contributed by atoms with Gasteiger partial charge in [-0.15, -0.1) is 0 Å². The highest BCUT2D eigenvalue weighted by molar-refractivity contribution is 6.13. The number of fused-ring (bicyclic) bond motifs is 3. The normalized spacial score (nSPS) is 12.4. The van der Waals surface area contributed by atoms with Gasteiger partial charge >= 0.3 is 0 Å². The van der Waals surface area contributed by atoms with Crippen LogP contribution in [0.15, 0.2) is 176 Å². The number of aromatic nitrogens is 3. The summed E-state index contributed by atoms with van der Waals surface area (Å²) < 4.78 is 27.7. The third kappa shape index (κ3) is 5.53. The molecule has 0 amide bonds. The van der Waals surface area contributed by atoms with E-state index in [4.69, 9.17) is 14.1 Å². The molecule has 51 heavy (non-hydrogen) atoms. The van der Waals surface area contributed by atoms with Gasteiger partial charge in [0, 0.05) is 49.0 Å². The Hall–Kier alpha value is -6.78. The molecule has 0 fully saturated rings. The van der Waals surface area contributed by atoms with Gasteiger partial charge < -0.3 is 9.67 Å². The van der Waals surface area contributed by atoms with Crippen LogP contribution in [-0.4, -0.2) is 19.6 Å². The number of rotatable bonds is 6. The van der Waals surface area contributed by atoms with E-state index < -0.39 is 6.85 Å².